The zero-order chi connectivity index (χ0) is 17.3. The molecule has 0 aliphatic carbocycles. The number of aromatic nitrogens is 1. The van der Waals surface area contributed by atoms with Gasteiger partial charge in [0.25, 0.3) is 0 Å². The number of thiazole rings is 1. The third kappa shape index (κ3) is 3.95. The molecule has 0 N–H and O–H groups in total. The number of hydrogen-bond donors (Lipinski definition) is 0. The molecule has 2 aromatic rings. The molecule has 2 saturated heterocycles. The van der Waals surface area contributed by atoms with Crippen LogP contribution < -0.4 is 0 Å². The van der Waals surface area contributed by atoms with Crippen molar-refractivity contribution in [2.45, 2.75) is 51.5 Å². The molecule has 1 aromatic carbocycles. The number of rotatable bonds is 5. The molecule has 0 amide bonds. The molecular weight excluding hydrogens is 332 g/mol. The number of nitrogens with zero attached hydrogens (tertiary/aromatic N) is 2. The van der Waals surface area contributed by atoms with E-state index in [9.17, 15) is 0 Å². The molecule has 134 valence electrons. The summed E-state index contributed by atoms with van der Waals surface area (Å²) in [6.07, 6.45) is 2.28. The summed E-state index contributed by atoms with van der Waals surface area (Å²) in [6, 6.07) is 8.64. The zero-order valence-electron chi connectivity index (χ0n) is 15.0. The van der Waals surface area contributed by atoms with Gasteiger partial charge in [-0.15, -0.1) is 11.3 Å². The summed E-state index contributed by atoms with van der Waals surface area (Å²) in [6.45, 7) is 8.69. The van der Waals surface area contributed by atoms with Crippen LogP contribution in [-0.2, 0) is 22.6 Å². The fourth-order valence-electron chi connectivity index (χ4n) is 3.93. The van der Waals surface area contributed by atoms with Gasteiger partial charge in [0.2, 0.25) is 0 Å². The van der Waals surface area contributed by atoms with Crippen LogP contribution in [0.2, 0.25) is 0 Å². The van der Waals surface area contributed by atoms with Crippen molar-refractivity contribution in [2.24, 2.45) is 0 Å². The fraction of sp³-hybridized carbons (Fsp3) is 0.550. The predicted octanol–water partition coefficient (Wildman–Crippen LogP) is 3.71. The van der Waals surface area contributed by atoms with E-state index in [1.807, 2.05) is 6.92 Å². The smallest absolute Gasteiger partial charge is 0.0959 e. The van der Waals surface area contributed by atoms with Crippen molar-refractivity contribution >= 4 is 11.3 Å². The summed E-state index contributed by atoms with van der Waals surface area (Å²) in [7, 11) is 0. The largest absolute Gasteiger partial charge is 0.372 e. The Balaban J connectivity index is 1.28. The summed E-state index contributed by atoms with van der Waals surface area (Å²) in [5.74, 6) is 0. The normalized spacial score (nSPS) is 22.9. The van der Waals surface area contributed by atoms with E-state index in [0.717, 1.165) is 49.8 Å². The van der Waals surface area contributed by atoms with Gasteiger partial charge in [-0.05, 0) is 31.4 Å². The van der Waals surface area contributed by atoms with E-state index < -0.39 is 0 Å². The Morgan fingerprint density at radius 3 is 2.92 bits per heavy atom. The molecule has 0 radical (unpaired) electrons. The second-order valence-corrected chi connectivity index (χ2v) is 8.45. The Bertz CT molecular complexity index is 724. The lowest BCUT2D eigenvalue weighted by Crippen LogP contribution is -2.65. The molecule has 3 heterocycles. The highest BCUT2D eigenvalue weighted by molar-refractivity contribution is 7.09. The molecule has 2 aliphatic rings. The lowest BCUT2D eigenvalue weighted by Gasteiger charge is -2.53. The van der Waals surface area contributed by atoms with Gasteiger partial charge in [-0.3, -0.25) is 4.90 Å². The van der Waals surface area contributed by atoms with E-state index >= 15 is 0 Å². The summed E-state index contributed by atoms with van der Waals surface area (Å²) in [5, 5.41) is 3.20. The first-order chi connectivity index (χ1) is 12.1. The standard InChI is InChI=1S/C20H26N2O2S/c1-15-5-3-4-6-17(15)10-22-13-20(14-22)9-19(7-8-24-20)23-11-18-12-25-16(2)21-18/h3-6,12,19H,7-11,13-14H2,1-2H3/t19-/m0/s1. The van der Waals surface area contributed by atoms with Gasteiger partial charge >= 0.3 is 0 Å². The molecule has 4 rings (SSSR count). The predicted molar refractivity (Wildman–Crippen MR) is 99.8 cm³/mol. The Hall–Kier alpha value is -1.27. The average Bonchev–Trinajstić information content (AvgIpc) is 2.99. The quantitative estimate of drug-likeness (QED) is 0.816. The minimum absolute atomic E-state index is 0.00356. The fourth-order valence-corrected chi connectivity index (χ4v) is 4.53. The maximum Gasteiger partial charge on any atom is 0.0959 e. The van der Waals surface area contributed by atoms with Crippen LogP contribution in [0.25, 0.3) is 0 Å². The molecule has 5 heteroatoms. The first-order valence-corrected chi connectivity index (χ1v) is 9.93. The summed E-state index contributed by atoms with van der Waals surface area (Å²) >= 11 is 1.69. The van der Waals surface area contributed by atoms with Crippen LogP contribution >= 0.6 is 11.3 Å². The van der Waals surface area contributed by atoms with Gasteiger partial charge in [-0.2, -0.15) is 0 Å². The van der Waals surface area contributed by atoms with Gasteiger partial charge in [0.15, 0.2) is 0 Å². The Morgan fingerprint density at radius 1 is 1.32 bits per heavy atom. The van der Waals surface area contributed by atoms with Crippen molar-refractivity contribution in [3.05, 3.63) is 51.5 Å². The Morgan fingerprint density at radius 2 is 2.16 bits per heavy atom. The first-order valence-electron chi connectivity index (χ1n) is 9.05. The summed E-state index contributed by atoms with van der Waals surface area (Å²) < 4.78 is 12.3. The van der Waals surface area contributed by atoms with Gasteiger partial charge in [0, 0.05) is 38.0 Å². The van der Waals surface area contributed by atoms with Gasteiger partial charge in [0.05, 0.1) is 29.0 Å². The third-order valence-electron chi connectivity index (χ3n) is 5.26. The molecule has 0 bridgehead atoms. The SMILES string of the molecule is Cc1nc(CO[C@H]2CCOC3(C2)CN(Cc2ccccc2C)C3)cs1. The molecule has 0 saturated carbocycles. The van der Waals surface area contributed by atoms with Crippen LogP contribution in [0.5, 0.6) is 0 Å². The average molecular weight is 359 g/mol. The molecule has 1 aromatic heterocycles. The van der Waals surface area contributed by atoms with Crippen molar-refractivity contribution in [3.63, 3.8) is 0 Å². The molecule has 4 nitrogen and oxygen atoms in total. The van der Waals surface area contributed by atoms with Crippen LogP contribution in [0.1, 0.15) is 34.7 Å². The molecule has 2 aliphatic heterocycles. The van der Waals surface area contributed by atoms with Crippen molar-refractivity contribution < 1.29 is 9.47 Å². The van der Waals surface area contributed by atoms with E-state index in [2.05, 4.69) is 46.5 Å². The zero-order valence-corrected chi connectivity index (χ0v) is 15.8. The van der Waals surface area contributed by atoms with E-state index in [-0.39, 0.29) is 11.7 Å². The van der Waals surface area contributed by atoms with E-state index in [4.69, 9.17) is 9.47 Å². The van der Waals surface area contributed by atoms with Crippen molar-refractivity contribution in [1.29, 1.82) is 0 Å². The lowest BCUT2D eigenvalue weighted by atomic mass is 9.84. The highest BCUT2D eigenvalue weighted by Gasteiger charge is 2.47. The number of aryl methyl sites for hydroxylation is 2. The summed E-state index contributed by atoms with van der Waals surface area (Å²) in [5.41, 5.74) is 3.84. The molecule has 2 fully saturated rings. The van der Waals surface area contributed by atoms with Crippen LogP contribution in [0.15, 0.2) is 29.6 Å². The first kappa shape index (κ1) is 17.2. The van der Waals surface area contributed by atoms with Crippen molar-refractivity contribution in [1.82, 2.24) is 9.88 Å². The van der Waals surface area contributed by atoms with Crippen LogP contribution in [0.4, 0.5) is 0 Å². The van der Waals surface area contributed by atoms with Crippen LogP contribution in [0, 0.1) is 13.8 Å². The highest BCUT2D eigenvalue weighted by Crippen LogP contribution is 2.36. The van der Waals surface area contributed by atoms with E-state index in [1.165, 1.54) is 11.1 Å². The highest BCUT2D eigenvalue weighted by atomic mass is 32.1. The van der Waals surface area contributed by atoms with Gasteiger partial charge < -0.3 is 9.47 Å². The second-order valence-electron chi connectivity index (χ2n) is 7.39. The van der Waals surface area contributed by atoms with Gasteiger partial charge in [-0.25, -0.2) is 4.98 Å². The Labute approximate surface area is 153 Å². The van der Waals surface area contributed by atoms with Crippen LogP contribution in [-0.4, -0.2) is 41.3 Å². The van der Waals surface area contributed by atoms with Gasteiger partial charge in [-0.1, -0.05) is 24.3 Å². The maximum atomic E-state index is 6.15. The Kier molecular flexibility index (Phi) is 4.91. The molecule has 0 unspecified atom stereocenters. The molecule has 1 spiro atoms. The number of hydrogen-bond acceptors (Lipinski definition) is 5. The van der Waals surface area contributed by atoms with E-state index in [1.54, 1.807) is 11.3 Å². The topological polar surface area (TPSA) is 34.6 Å². The maximum absolute atomic E-state index is 6.15. The molecular formula is C20H26N2O2S. The minimum atomic E-state index is 0.00356. The monoisotopic (exact) mass is 358 g/mol. The van der Waals surface area contributed by atoms with Crippen molar-refractivity contribution in [2.75, 3.05) is 19.7 Å². The van der Waals surface area contributed by atoms with Crippen LogP contribution in [0.3, 0.4) is 0 Å². The number of benzene rings is 1. The second kappa shape index (κ2) is 7.16. The molecule has 25 heavy (non-hydrogen) atoms. The molecule has 1 atom stereocenters. The third-order valence-corrected chi connectivity index (χ3v) is 6.08. The van der Waals surface area contributed by atoms with Gasteiger partial charge in [0.1, 0.15) is 0 Å². The number of ether oxygens (including phenoxy) is 2. The van der Waals surface area contributed by atoms with E-state index in [0.29, 0.717) is 6.61 Å². The minimum Gasteiger partial charge on any atom is -0.372 e. The summed E-state index contributed by atoms with van der Waals surface area (Å²) in [4.78, 5) is 6.97. The number of likely N-dealkylation sites (tertiary alicyclic amines) is 1. The lowest BCUT2D eigenvalue weighted by molar-refractivity contribution is -0.200. The van der Waals surface area contributed by atoms with Crippen molar-refractivity contribution in [3.8, 4) is 0 Å².